The molecule has 3 heteroatoms. The van der Waals surface area contributed by atoms with Gasteiger partial charge in [0.1, 0.15) is 0 Å². The average molecular weight is 208 g/mol. The van der Waals surface area contributed by atoms with Crippen LogP contribution in [0.3, 0.4) is 0 Å². The van der Waals surface area contributed by atoms with Gasteiger partial charge >= 0.3 is 0 Å². The third-order valence-electron chi connectivity index (χ3n) is 1.66. The van der Waals surface area contributed by atoms with Crippen LogP contribution in [0.4, 0.5) is 0 Å². The van der Waals surface area contributed by atoms with E-state index < -0.39 is 10.8 Å². The molecule has 0 spiro atoms. The van der Waals surface area contributed by atoms with Crippen LogP contribution in [0.15, 0.2) is 46.2 Å². The number of carbonyl (C=O) groups excluding carboxylic acids is 1. The van der Waals surface area contributed by atoms with Gasteiger partial charge in [0.25, 0.3) is 0 Å². The van der Waals surface area contributed by atoms with E-state index in [1.165, 1.54) is 13.0 Å². The Balaban J connectivity index is 2.92. The molecule has 0 radical (unpaired) electrons. The number of carbonyl (C=O) groups is 1. The lowest BCUT2D eigenvalue weighted by Crippen LogP contribution is -1.95. The summed E-state index contributed by atoms with van der Waals surface area (Å²) < 4.78 is 11.8. The Bertz CT molecular complexity index is 380. The van der Waals surface area contributed by atoms with Crippen LogP contribution in [0, 0.1) is 0 Å². The van der Waals surface area contributed by atoms with E-state index in [-0.39, 0.29) is 5.78 Å². The van der Waals surface area contributed by atoms with Gasteiger partial charge in [-0.15, -0.1) is 0 Å². The third kappa shape index (κ3) is 2.92. The molecule has 0 amide bonds. The van der Waals surface area contributed by atoms with Gasteiger partial charge in [-0.25, -0.2) is 4.21 Å². The zero-order valence-electron chi connectivity index (χ0n) is 8.19. The summed E-state index contributed by atoms with van der Waals surface area (Å²) in [6, 6.07) is 9.09. The number of hydrogen-bond acceptors (Lipinski definition) is 2. The Morgan fingerprint density at radius 3 is 2.29 bits per heavy atom. The molecule has 1 rings (SSSR count). The van der Waals surface area contributed by atoms with E-state index in [0.29, 0.717) is 4.91 Å². The zero-order chi connectivity index (χ0) is 10.6. The van der Waals surface area contributed by atoms with Gasteiger partial charge in [0.2, 0.25) is 0 Å². The van der Waals surface area contributed by atoms with Crippen LogP contribution in [-0.2, 0) is 15.6 Å². The lowest BCUT2D eigenvalue weighted by molar-refractivity contribution is -0.112. The molecule has 0 bridgehead atoms. The molecular formula is C11H12O2S. The van der Waals surface area contributed by atoms with Crippen LogP contribution in [0.2, 0.25) is 0 Å². The first kappa shape index (κ1) is 10.9. The lowest BCUT2D eigenvalue weighted by atomic mass is 10.4. The van der Waals surface area contributed by atoms with Crippen molar-refractivity contribution in [3.05, 3.63) is 41.3 Å². The van der Waals surface area contributed by atoms with E-state index in [9.17, 15) is 9.00 Å². The summed E-state index contributed by atoms with van der Waals surface area (Å²) in [4.78, 5) is 12.1. The summed E-state index contributed by atoms with van der Waals surface area (Å²) in [5.41, 5.74) is 0. The lowest BCUT2D eigenvalue weighted by Gasteiger charge is -2.00. The summed E-state index contributed by atoms with van der Waals surface area (Å²) in [5, 5.41) is 0. The van der Waals surface area contributed by atoms with E-state index in [1.54, 1.807) is 19.1 Å². The Morgan fingerprint density at radius 2 is 1.79 bits per heavy atom. The van der Waals surface area contributed by atoms with E-state index >= 15 is 0 Å². The monoisotopic (exact) mass is 208 g/mol. The van der Waals surface area contributed by atoms with Crippen molar-refractivity contribution in [2.75, 3.05) is 0 Å². The van der Waals surface area contributed by atoms with Gasteiger partial charge in [-0.1, -0.05) is 18.2 Å². The topological polar surface area (TPSA) is 34.1 Å². The number of allylic oxidation sites excluding steroid dienone is 2. The van der Waals surface area contributed by atoms with Gasteiger partial charge in [-0.3, -0.25) is 4.79 Å². The molecule has 1 atom stereocenters. The summed E-state index contributed by atoms with van der Waals surface area (Å²) in [6.45, 7) is 3.15. The predicted molar refractivity (Wildman–Crippen MR) is 57.3 cm³/mol. The van der Waals surface area contributed by atoms with Crippen molar-refractivity contribution < 1.29 is 9.00 Å². The number of benzene rings is 1. The van der Waals surface area contributed by atoms with Gasteiger partial charge in [-0.05, 0) is 32.1 Å². The summed E-state index contributed by atoms with van der Waals surface area (Å²) in [6.07, 6.45) is 1.41. The fourth-order valence-corrected chi connectivity index (χ4v) is 2.12. The Labute approximate surface area is 86.1 Å². The molecule has 0 aliphatic carbocycles. The van der Waals surface area contributed by atoms with Crippen LogP contribution in [0.25, 0.3) is 0 Å². The zero-order valence-corrected chi connectivity index (χ0v) is 9.01. The molecular weight excluding hydrogens is 196 g/mol. The first-order valence-electron chi connectivity index (χ1n) is 4.27. The second-order valence-electron chi connectivity index (χ2n) is 2.95. The fourth-order valence-electron chi connectivity index (χ4n) is 1.07. The van der Waals surface area contributed by atoms with Crippen LogP contribution in [-0.4, -0.2) is 9.99 Å². The molecule has 0 aromatic heterocycles. The first-order chi connectivity index (χ1) is 6.61. The first-order valence-corrected chi connectivity index (χ1v) is 5.42. The maximum atomic E-state index is 11.8. The van der Waals surface area contributed by atoms with E-state index in [4.69, 9.17) is 0 Å². The Morgan fingerprint density at radius 1 is 1.21 bits per heavy atom. The highest BCUT2D eigenvalue weighted by atomic mass is 32.2. The van der Waals surface area contributed by atoms with Crippen molar-refractivity contribution in [3.8, 4) is 0 Å². The predicted octanol–water partition coefficient (Wildman–Crippen LogP) is 2.29. The van der Waals surface area contributed by atoms with Gasteiger partial charge in [-0.2, -0.15) is 0 Å². The summed E-state index contributed by atoms with van der Waals surface area (Å²) in [5.74, 6) is -0.0771. The highest BCUT2D eigenvalue weighted by Crippen LogP contribution is 2.13. The van der Waals surface area contributed by atoms with E-state index in [2.05, 4.69) is 0 Å². The second-order valence-corrected chi connectivity index (χ2v) is 4.60. The molecule has 1 aromatic rings. The van der Waals surface area contributed by atoms with Gasteiger partial charge in [0.05, 0.1) is 10.8 Å². The van der Waals surface area contributed by atoms with Crippen molar-refractivity contribution in [2.45, 2.75) is 18.7 Å². The second kappa shape index (κ2) is 4.86. The number of hydrogen-bond donors (Lipinski definition) is 0. The molecule has 1 aromatic carbocycles. The SMILES string of the molecule is CC(=O)C=C(C)S(=O)c1ccccc1. The molecule has 0 aliphatic heterocycles. The molecule has 0 heterocycles. The van der Waals surface area contributed by atoms with Crippen molar-refractivity contribution >= 4 is 16.6 Å². The van der Waals surface area contributed by atoms with Gasteiger partial charge < -0.3 is 0 Å². The minimum atomic E-state index is -1.21. The van der Waals surface area contributed by atoms with Gasteiger partial charge in [0.15, 0.2) is 5.78 Å². The molecule has 2 nitrogen and oxygen atoms in total. The highest BCUT2D eigenvalue weighted by molar-refractivity contribution is 7.89. The minimum Gasteiger partial charge on any atom is -0.295 e. The number of rotatable bonds is 3. The molecule has 14 heavy (non-hydrogen) atoms. The highest BCUT2D eigenvalue weighted by Gasteiger charge is 2.05. The van der Waals surface area contributed by atoms with Crippen LogP contribution in [0.5, 0.6) is 0 Å². The molecule has 0 N–H and O–H groups in total. The molecule has 0 fully saturated rings. The molecule has 0 saturated heterocycles. The maximum Gasteiger partial charge on any atom is 0.153 e. The largest absolute Gasteiger partial charge is 0.295 e. The molecule has 0 aliphatic rings. The molecule has 74 valence electrons. The minimum absolute atomic E-state index is 0.0771. The quantitative estimate of drug-likeness (QED) is 0.714. The normalized spacial score (nSPS) is 13.7. The summed E-state index contributed by atoms with van der Waals surface area (Å²) >= 11 is 0. The molecule has 0 saturated carbocycles. The standard InChI is InChI=1S/C11H12O2S/c1-9(12)8-10(2)14(13)11-6-4-3-5-7-11/h3-8H,1-2H3. The average Bonchev–Trinajstić information content (AvgIpc) is 2.17. The van der Waals surface area contributed by atoms with Crippen molar-refractivity contribution in [3.63, 3.8) is 0 Å². The van der Waals surface area contributed by atoms with Gasteiger partial charge in [0, 0.05) is 9.80 Å². The van der Waals surface area contributed by atoms with Crippen molar-refractivity contribution in [1.82, 2.24) is 0 Å². The molecule has 1 unspecified atom stereocenters. The third-order valence-corrected chi connectivity index (χ3v) is 3.06. The fraction of sp³-hybridized carbons (Fsp3) is 0.182. The van der Waals surface area contributed by atoms with Crippen LogP contribution >= 0.6 is 0 Å². The Hall–Kier alpha value is -1.22. The van der Waals surface area contributed by atoms with Crippen LogP contribution in [0.1, 0.15) is 13.8 Å². The van der Waals surface area contributed by atoms with E-state index in [1.807, 2.05) is 18.2 Å². The maximum absolute atomic E-state index is 11.8. The van der Waals surface area contributed by atoms with Crippen molar-refractivity contribution in [2.24, 2.45) is 0 Å². The van der Waals surface area contributed by atoms with Crippen molar-refractivity contribution in [1.29, 1.82) is 0 Å². The Kier molecular flexibility index (Phi) is 3.77. The smallest absolute Gasteiger partial charge is 0.153 e. The van der Waals surface area contributed by atoms with E-state index in [0.717, 1.165) is 4.90 Å². The number of ketones is 1. The summed E-state index contributed by atoms with van der Waals surface area (Å²) in [7, 11) is -1.21. The van der Waals surface area contributed by atoms with Crippen LogP contribution < -0.4 is 0 Å².